The molecule has 0 spiro atoms. The molecule has 1 atom stereocenters. The number of aliphatic hydroxyl groups is 1. The lowest BCUT2D eigenvalue weighted by Crippen LogP contribution is -2.37. The zero-order valence-corrected chi connectivity index (χ0v) is 11.2. The lowest BCUT2D eigenvalue weighted by atomic mass is 10.1. The van der Waals surface area contributed by atoms with Crippen LogP contribution in [0.4, 0.5) is 0 Å². The Kier molecular flexibility index (Phi) is 4.93. The quantitative estimate of drug-likeness (QED) is 0.774. The van der Waals surface area contributed by atoms with Crippen LogP contribution in [-0.4, -0.2) is 35.1 Å². The smallest absolute Gasteiger partial charge is 0.224 e. The zero-order valence-electron chi connectivity index (χ0n) is 11.2. The van der Waals surface area contributed by atoms with Gasteiger partial charge in [-0.15, -0.1) is 0 Å². The summed E-state index contributed by atoms with van der Waals surface area (Å²) in [5.41, 5.74) is 7.07. The highest BCUT2D eigenvalue weighted by Gasteiger charge is 2.30. The first-order valence-electron chi connectivity index (χ1n) is 6.89. The van der Waals surface area contributed by atoms with Crippen LogP contribution in [0.15, 0.2) is 30.3 Å². The van der Waals surface area contributed by atoms with E-state index in [1.54, 1.807) is 4.90 Å². The molecule has 104 valence electrons. The molecule has 0 aromatic heterocycles. The molecule has 0 heterocycles. The van der Waals surface area contributed by atoms with Crippen LogP contribution >= 0.6 is 0 Å². The van der Waals surface area contributed by atoms with Gasteiger partial charge in [0.25, 0.3) is 0 Å². The standard InChI is InChI=1S/C15H22N2O2/c16-14(13-6-7-13)10-15(19)17(8-9-18)11-12-4-2-1-3-5-12/h1-5,13-14,18H,6-11,16H2. The number of amides is 1. The Balaban J connectivity index is 1.92. The van der Waals surface area contributed by atoms with E-state index in [9.17, 15) is 4.79 Å². The minimum absolute atomic E-state index is 0.0166. The van der Waals surface area contributed by atoms with Gasteiger partial charge < -0.3 is 15.7 Å². The summed E-state index contributed by atoms with van der Waals surface area (Å²) in [6.45, 7) is 0.889. The minimum Gasteiger partial charge on any atom is -0.395 e. The van der Waals surface area contributed by atoms with Crippen molar-refractivity contribution in [3.8, 4) is 0 Å². The normalized spacial score (nSPS) is 16.1. The summed E-state index contributed by atoms with van der Waals surface area (Å²) in [6, 6.07) is 9.80. The third-order valence-electron chi connectivity index (χ3n) is 3.58. The summed E-state index contributed by atoms with van der Waals surface area (Å²) in [4.78, 5) is 13.9. The summed E-state index contributed by atoms with van der Waals surface area (Å²) in [7, 11) is 0. The van der Waals surface area contributed by atoms with Crippen molar-refractivity contribution in [1.29, 1.82) is 0 Å². The third kappa shape index (κ3) is 4.33. The zero-order chi connectivity index (χ0) is 13.7. The summed E-state index contributed by atoms with van der Waals surface area (Å²) < 4.78 is 0. The molecule has 2 rings (SSSR count). The number of hydrogen-bond donors (Lipinski definition) is 2. The van der Waals surface area contributed by atoms with E-state index in [-0.39, 0.29) is 18.6 Å². The summed E-state index contributed by atoms with van der Waals surface area (Å²) in [5, 5.41) is 9.09. The molecule has 1 fully saturated rings. The first kappa shape index (κ1) is 14.0. The topological polar surface area (TPSA) is 66.6 Å². The lowest BCUT2D eigenvalue weighted by Gasteiger charge is -2.23. The largest absolute Gasteiger partial charge is 0.395 e. The Labute approximate surface area is 114 Å². The molecule has 1 amide bonds. The number of carbonyl (C=O) groups is 1. The fourth-order valence-electron chi connectivity index (χ4n) is 2.24. The summed E-state index contributed by atoms with van der Waals surface area (Å²) >= 11 is 0. The van der Waals surface area contributed by atoms with Gasteiger partial charge in [-0.3, -0.25) is 4.79 Å². The maximum Gasteiger partial charge on any atom is 0.224 e. The highest BCUT2D eigenvalue weighted by atomic mass is 16.3. The number of nitrogens with two attached hydrogens (primary N) is 1. The van der Waals surface area contributed by atoms with E-state index in [1.165, 1.54) is 0 Å². The molecule has 1 aliphatic carbocycles. The van der Waals surface area contributed by atoms with E-state index >= 15 is 0 Å². The van der Waals surface area contributed by atoms with Crippen molar-refractivity contribution in [1.82, 2.24) is 4.90 Å². The van der Waals surface area contributed by atoms with Gasteiger partial charge in [0.1, 0.15) is 0 Å². The van der Waals surface area contributed by atoms with E-state index in [0.717, 1.165) is 18.4 Å². The van der Waals surface area contributed by atoms with Crippen molar-refractivity contribution >= 4 is 5.91 Å². The van der Waals surface area contributed by atoms with E-state index in [0.29, 0.717) is 25.4 Å². The maximum absolute atomic E-state index is 12.2. The molecule has 4 heteroatoms. The Morgan fingerprint density at radius 1 is 1.37 bits per heavy atom. The van der Waals surface area contributed by atoms with Crippen LogP contribution in [0, 0.1) is 5.92 Å². The van der Waals surface area contributed by atoms with E-state index < -0.39 is 0 Å². The van der Waals surface area contributed by atoms with Crippen LogP contribution in [0.5, 0.6) is 0 Å². The first-order valence-corrected chi connectivity index (χ1v) is 6.89. The highest BCUT2D eigenvalue weighted by Crippen LogP contribution is 2.33. The Morgan fingerprint density at radius 3 is 2.63 bits per heavy atom. The molecule has 0 bridgehead atoms. The summed E-state index contributed by atoms with van der Waals surface area (Å²) in [5.74, 6) is 0.564. The van der Waals surface area contributed by atoms with Crippen molar-refractivity contribution in [2.45, 2.75) is 31.8 Å². The van der Waals surface area contributed by atoms with E-state index in [2.05, 4.69) is 0 Å². The van der Waals surface area contributed by atoms with Crippen molar-refractivity contribution < 1.29 is 9.90 Å². The predicted octanol–water partition coefficient (Wildman–Crippen LogP) is 1.13. The molecule has 0 aliphatic heterocycles. The van der Waals surface area contributed by atoms with Crippen molar-refractivity contribution in [2.75, 3.05) is 13.2 Å². The van der Waals surface area contributed by atoms with Gasteiger partial charge in [0.05, 0.1) is 6.61 Å². The fourth-order valence-corrected chi connectivity index (χ4v) is 2.24. The number of rotatable bonds is 7. The fraction of sp³-hybridized carbons (Fsp3) is 0.533. The molecule has 19 heavy (non-hydrogen) atoms. The Bertz CT molecular complexity index is 404. The molecule has 1 saturated carbocycles. The molecule has 4 nitrogen and oxygen atoms in total. The van der Waals surface area contributed by atoms with Gasteiger partial charge in [0, 0.05) is 25.6 Å². The van der Waals surface area contributed by atoms with Gasteiger partial charge in [-0.25, -0.2) is 0 Å². The predicted molar refractivity (Wildman–Crippen MR) is 74.3 cm³/mol. The minimum atomic E-state index is -0.0236. The van der Waals surface area contributed by atoms with E-state index in [1.807, 2.05) is 30.3 Å². The second-order valence-electron chi connectivity index (χ2n) is 5.23. The second kappa shape index (κ2) is 6.68. The van der Waals surface area contributed by atoms with Crippen molar-refractivity contribution in [3.05, 3.63) is 35.9 Å². The lowest BCUT2D eigenvalue weighted by molar-refractivity contribution is -0.132. The van der Waals surface area contributed by atoms with Gasteiger partial charge in [0.2, 0.25) is 5.91 Å². The van der Waals surface area contributed by atoms with Crippen molar-refractivity contribution in [3.63, 3.8) is 0 Å². The number of nitrogens with zero attached hydrogens (tertiary/aromatic N) is 1. The molecule has 1 aromatic rings. The molecule has 0 saturated heterocycles. The number of aliphatic hydroxyl groups excluding tert-OH is 1. The molecule has 1 aliphatic rings. The Hall–Kier alpha value is -1.39. The highest BCUT2D eigenvalue weighted by molar-refractivity contribution is 5.77. The van der Waals surface area contributed by atoms with Gasteiger partial charge >= 0.3 is 0 Å². The number of carbonyl (C=O) groups excluding carboxylic acids is 1. The molecule has 0 radical (unpaired) electrons. The van der Waals surface area contributed by atoms with Gasteiger partial charge in [-0.2, -0.15) is 0 Å². The Morgan fingerprint density at radius 2 is 2.05 bits per heavy atom. The second-order valence-corrected chi connectivity index (χ2v) is 5.23. The van der Waals surface area contributed by atoms with Gasteiger partial charge in [0.15, 0.2) is 0 Å². The molecular weight excluding hydrogens is 240 g/mol. The SMILES string of the molecule is NC(CC(=O)N(CCO)Cc1ccccc1)C1CC1. The van der Waals surface area contributed by atoms with Gasteiger partial charge in [-0.05, 0) is 24.3 Å². The molecule has 1 aromatic carbocycles. The van der Waals surface area contributed by atoms with E-state index in [4.69, 9.17) is 10.8 Å². The molecular formula is C15H22N2O2. The van der Waals surface area contributed by atoms with Crippen molar-refractivity contribution in [2.24, 2.45) is 11.7 Å². The van der Waals surface area contributed by atoms with Gasteiger partial charge in [-0.1, -0.05) is 30.3 Å². The molecule has 3 N–H and O–H groups in total. The summed E-state index contributed by atoms with van der Waals surface area (Å²) in [6.07, 6.45) is 2.68. The van der Waals surface area contributed by atoms with Crippen LogP contribution in [0.2, 0.25) is 0 Å². The monoisotopic (exact) mass is 262 g/mol. The van der Waals surface area contributed by atoms with Crippen LogP contribution in [0.3, 0.4) is 0 Å². The van der Waals surface area contributed by atoms with Crippen LogP contribution in [0.1, 0.15) is 24.8 Å². The average Bonchev–Trinajstić information content (AvgIpc) is 3.23. The third-order valence-corrected chi connectivity index (χ3v) is 3.58. The first-order chi connectivity index (χ1) is 9.20. The van der Waals surface area contributed by atoms with Crippen LogP contribution < -0.4 is 5.73 Å². The molecule has 1 unspecified atom stereocenters. The number of benzene rings is 1. The average molecular weight is 262 g/mol. The van der Waals surface area contributed by atoms with Crippen LogP contribution in [-0.2, 0) is 11.3 Å². The van der Waals surface area contributed by atoms with Crippen LogP contribution in [0.25, 0.3) is 0 Å². The maximum atomic E-state index is 12.2. The number of hydrogen-bond acceptors (Lipinski definition) is 3.